The van der Waals surface area contributed by atoms with Crippen LogP contribution >= 0.6 is 0 Å². The van der Waals surface area contributed by atoms with Gasteiger partial charge in [-0.25, -0.2) is 0 Å². The predicted molar refractivity (Wildman–Crippen MR) is 78.7 cm³/mol. The Kier molecular flexibility index (Phi) is 3.88. The molecular formula is C17H17NO3. The molecule has 1 aliphatic heterocycles. The zero-order chi connectivity index (χ0) is 14.7. The van der Waals surface area contributed by atoms with Gasteiger partial charge in [0.25, 0.3) is 5.91 Å². The second-order valence-corrected chi connectivity index (χ2v) is 5.10. The van der Waals surface area contributed by atoms with Crippen LogP contribution in [0.5, 0.6) is 5.75 Å². The number of amides is 1. The molecule has 21 heavy (non-hydrogen) atoms. The van der Waals surface area contributed by atoms with Gasteiger partial charge in [-0.3, -0.25) is 4.79 Å². The maximum Gasteiger partial charge on any atom is 0.261 e. The molecule has 0 saturated carbocycles. The fraction of sp³-hybridized carbons (Fsp3) is 0.235. The van der Waals surface area contributed by atoms with E-state index >= 15 is 0 Å². The summed E-state index contributed by atoms with van der Waals surface area (Å²) in [6.07, 6.45) is -1.04. The summed E-state index contributed by atoms with van der Waals surface area (Å²) in [5, 5.41) is 13.0. The Labute approximate surface area is 123 Å². The molecule has 1 amide bonds. The number of para-hydroxylation sites is 1. The molecule has 0 radical (unpaired) electrons. The molecule has 0 aliphatic carbocycles. The molecular weight excluding hydrogens is 266 g/mol. The summed E-state index contributed by atoms with van der Waals surface area (Å²) in [4.78, 5) is 12.2. The van der Waals surface area contributed by atoms with Gasteiger partial charge in [0.2, 0.25) is 0 Å². The van der Waals surface area contributed by atoms with Crippen molar-refractivity contribution in [1.82, 2.24) is 5.32 Å². The van der Waals surface area contributed by atoms with E-state index in [9.17, 15) is 9.90 Å². The lowest BCUT2D eigenvalue weighted by Crippen LogP contribution is -2.41. The quantitative estimate of drug-likeness (QED) is 0.907. The number of ether oxygens (including phenoxy) is 1. The number of hydrogen-bond donors (Lipinski definition) is 2. The lowest BCUT2D eigenvalue weighted by molar-refractivity contribution is -0.130. The highest BCUT2D eigenvalue weighted by Crippen LogP contribution is 2.34. The van der Waals surface area contributed by atoms with Crippen molar-refractivity contribution >= 4 is 5.91 Å². The summed E-state index contributed by atoms with van der Waals surface area (Å²) >= 11 is 0. The molecule has 4 nitrogen and oxygen atoms in total. The lowest BCUT2D eigenvalue weighted by Gasteiger charge is -2.28. The normalized spacial score (nSPS) is 20.2. The van der Waals surface area contributed by atoms with Crippen molar-refractivity contribution in [3.05, 3.63) is 65.7 Å². The van der Waals surface area contributed by atoms with E-state index in [1.165, 1.54) is 0 Å². The number of fused-ring (bicyclic) bond motifs is 1. The largest absolute Gasteiger partial charge is 0.480 e. The molecule has 1 heterocycles. The van der Waals surface area contributed by atoms with Gasteiger partial charge >= 0.3 is 0 Å². The molecule has 108 valence electrons. The molecule has 0 aromatic heterocycles. The summed E-state index contributed by atoms with van der Waals surface area (Å²) in [5.74, 6) is 0.378. The van der Waals surface area contributed by atoms with Crippen molar-refractivity contribution in [2.45, 2.75) is 25.2 Å². The van der Waals surface area contributed by atoms with Crippen LogP contribution in [0.3, 0.4) is 0 Å². The molecule has 2 atom stereocenters. The third-order valence-electron chi connectivity index (χ3n) is 3.59. The van der Waals surface area contributed by atoms with Gasteiger partial charge in [-0.05, 0) is 11.6 Å². The number of nitrogens with one attached hydrogen (secondary N) is 1. The first kappa shape index (κ1) is 13.6. The van der Waals surface area contributed by atoms with Crippen LogP contribution in [-0.2, 0) is 11.3 Å². The monoisotopic (exact) mass is 283 g/mol. The van der Waals surface area contributed by atoms with Gasteiger partial charge in [-0.1, -0.05) is 48.5 Å². The van der Waals surface area contributed by atoms with Crippen molar-refractivity contribution in [1.29, 1.82) is 0 Å². The number of aliphatic hydroxyl groups is 1. The van der Waals surface area contributed by atoms with Crippen LogP contribution in [0.4, 0.5) is 0 Å². The van der Waals surface area contributed by atoms with Crippen LogP contribution in [0.15, 0.2) is 54.6 Å². The van der Waals surface area contributed by atoms with Gasteiger partial charge in [0.05, 0.1) is 6.10 Å². The number of benzene rings is 2. The first-order valence-corrected chi connectivity index (χ1v) is 6.99. The molecule has 4 heteroatoms. The third kappa shape index (κ3) is 3.06. The van der Waals surface area contributed by atoms with Crippen LogP contribution in [0.1, 0.15) is 23.7 Å². The van der Waals surface area contributed by atoms with Crippen molar-refractivity contribution in [2.24, 2.45) is 0 Å². The second kappa shape index (κ2) is 5.97. The molecule has 2 aromatic carbocycles. The van der Waals surface area contributed by atoms with Gasteiger partial charge in [-0.15, -0.1) is 0 Å². The van der Waals surface area contributed by atoms with Crippen LogP contribution in [0.25, 0.3) is 0 Å². The minimum absolute atomic E-state index is 0.201. The predicted octanol–water partition coefficient (Wildman–Crippen LogP) is 2.19. The maximum absolute atomic E-state index is 12.2. The van der Waals surface area contributed by atoms with Crippen molar-refractivity contribution in [3.8, 4) is 5.75 Å². The van der Waals surface area contributed by atoms with Crippen molar-refractivity contribution < 1.29 is 14.6 Å². The zero-order valence-electron chi connectivity index (χ0n) is 11.5. The standard InChI is InChI=1S/C17H17NO3/c19-14-10-16(21-15-9-5-4-8-13(14)15)17(20)18-11-12-6-2-1-3-7-12/h1-9,14,16,19H,10-11H2,(H,18,20). The Balaban J connectivity index is 1.64. The van der Waals surface area contributed by atoms with E-state index in [0.717, 1.165) is 11.1 Å². The van der Waals surface area contributed by atoms with Crippen LogP contribution < -0.4 is 10.1 Å². The second-order valence-electron chi connectivity index (χ2n) is 5.10. The average molecular weight is 283 g/mol. The number of carbonyl (C=O) groups is 1. The first-order valence-electron chi connectivity index (χ1n) is 6.99. The highest BCUT2D eigenvalue weighted by molar-refractivity contribution is 5.81. The Morgan fingerprint density at radius 1 is 1.14 bits per heavy atom. The summed E-state index contributed by atoms with van der Waals surface area (Å²) in [5.41, 5.74) is 1.77. The molecule has 0 saturated heterocycles. The zero-order valence-corrected chi connectivity index (χ0v) is 11.5. The van der Waals surface area contributed by atoms with Gasteiger partial charge in [0.1, 0.15) is 5.75 Å². The van der Waals surface area contributed by atoms with Gasteiger partial charge < -0.3 is 15.2 Å². The highest BCUT2D eigenvalue weighted by Gasteiger charge is 2.31. The summed E-state index contributed by atoms with van der Waals surface area (Å²) in [6.45, 7) is 0.456. The minimum Gasteiger partial charge on any atom is -0.480 e. The molecule has 0 bridgehead atoms. The fourth-order valence-corrected chi connectivity index (χ4v) is 2.45. The van der Waals surface area contributed by atoms with E-state index in [-0.39, 0.29) is 12.3 Å². The lowest BCUT2D eigenvalue weighted by atomic mass is 9.99. The van der Waals surface area contributed by atoms with E-state index in [4.69, 9.17) is 4.74 Å². The molecule has 1 aliphatic rings. The average Bonchev–Trinajstić information content (AvgIpc) is 2.53. The van der Waals surface area contributed by atoms with E-state index in [0.29, 0.717) is 12.3 Å². The van der Waals surface area contributed by atoms with Gasteiger partial charge in [0, 0.05) is 18.5 Å². The van der Waals surface area contributed by atoms with Gasteiger partial charge in [-0.2, -0.15) is 0 Å². The Bertz CT molecular complexity index is 627. The topological polar surface area (TPSA) is 58.6 Å². The number of hydrogen-bond acceptors (Lipinski definition) is 3. The molecule has 2 aromatic rings. The highest BCUT2D eigenvalue weighted by atomic mass is 16.5. The molecule has 0 fully saturated rings. The van der Waals surface area contributed by atoms with Crippen molar-refractivity contribution in [3.63, 3.8) is 0 Å². The third-order valence-corrected chi connectivity index (χ3v) is 3.59. The first-order chi connectivity index (χ1) is 10.2. The minimum atomic E-state index is -0.664. The fourth-order valence-electron chi connectivity index (χ4n) is 2.45. The van der Waals surface area contributed by atoms with Crippen molar-refractivity contribution in [2.75, 3.05) is 0 Å². The smallest absolute Gasteiger partial charge is 0.261 e. The molecule has 2 N–H and O–H groups in total. The van der Waals surface area contributed by atoms with Crippen LogP contribution in [-0.4, -0.2) is 17.1 Å². The maximum atomic E-state index is 12.2. The number of carbonyl (C=O) groups excluding carboxylic acids is 1. The Morgan fingerprint density at radius 2 is 1.86 bits per heavy atom. The van der Waals surface area contributed by atoms with Crippen LogP contribution in [0.2, 0.25) is 0 Å². The Morgan fingerprint density at radius 3 is 2.67 bits per heavy atom. The summed E-state index contributed by atoms with van der Waals surface area (Å²) in [6, 6.07) is 17.0. The van der Waals surface area contributed by atoms with E-state index < -0.39 is 12.2 Å². The number of aliphatic hydroxyl groups excluding tert-OH is 1. The van der Waals surface area contributed by atoms with E-state index in [2.05, 4.69) is 5.32 Å². The molecule has 2 unspecified atom stereocenters. The SMILES string of the molecule is O=C(NCc1ccccc1)C1CC(O)c2ccccc2O1. The Hall–Kier alpha value is -2.33. The number of rotatable bonds is 3. The molecule has 0 spiro atoms. The van der Waals surface area contributed by atoms with Gasteiger partial charge in [0.15, 0.2) is 6.10 Å². The molecule has 3 rings (SSSR count). The summed E-state index contributed by atoms with van der Waals surface area (Å²) < 4.78 is 5.68. The van der Waals surface area contributed by atoms with Crippen LogP contribution in [0, 0.1) is 0 Å². The van der Waals surface area contributed by atoms with E-state index in [1.807, 2.05) is 48.5 Å². The summed E-state index contributed by atoms with van der Waals surface area (Å²) in [7, 11) is 0. The van der Waals surface area contributed by atoms with E-state index in [1.54, 1.807) is 6.07 Å².